The van der Waals surface area contributed by atoms with E-state index in [0.29, 0.717) is 44.1 Å². The number of hydrogen-bond acceptors (Lipinski definition) is 8. The largest absolute Gasteiger partial charge is 0.507 e. The van der Waals surface area contributed by atoms with Gasteiger partial charge in [-0.1, -0.05) is 35.3 Å². The normalized spacial score (nSPS) is 12.6. The molecule has 4 aromatic carbocycles. The van der Waals surface area contributed by atoms with Crippen molar-refractivity contribution >= 4 is 23.2 Å². The van der Waals surface area contributed by atoms with Gasteiger partial charge in [-0.15, -0.1) is 0 Å². The minimum Gasteiger partial charge on any atom is -0.507 e. The minimum atomic E-state index is 0.128. The lowest BCUT2D eigenvalue weighted by Crippen LogP contribution is -1.92. The van der Waals surface area contributed by atoms with E-state index in [0.717, 1.165) is 39.4 Å². The third-order valence-corrected chi connectivity index (χ3v) is 7.84. The Labute approximate surface area is 266 Å². The Kier molecular flexibility index (Phi) is 7.36. The molecular formula is C33H24Cl2N4O6. The van der Waals surface area contributed by atoms with E-state index in [-0.39, 0.29) is 25.1 Å². The van der Waals surface area contributed by atoms with Crippen LogP contribution in [-0.4, -0.2) is 44.2 Å². The van der Waals surface area contributed by atoms with Crippen molar-refractivity contribution in [3.8, 4) is 79.3 Å². The Morgan fingerprint density at radius 3 is 1.91 bits per heavy atom. The summed E-state index contributed by atoms with van der Waals surface area (Å²) >= 11 is 12.1. The number of H-pyrrole nitrogens is 2. The summed E-state index contributed by atoms with van der Waals surface area (Å²) in [7, 11) is 0. The van der Waals surface area contributed by atoms with E-state index in [1.165, 1.54) is 0 Å². The van der Waals surface area contributed by atoms with Crippen LogP contribution in [0.1, 0.15) is 5.69 Å². The number of nitrogens with one attached hydrogen (secondary N) is 2. The number of phenolic OH excluding ortho intramolecular Hbond substituents is 2. The van der Waals surface area contributed by atoms with Crippen LogP contribution in [0.25, 0.3) is 44.8 Å². The first-order valence-electron chi connectivity index (χ1n) is 13.7. The Hall–Kier alpha value is -5.32. The number of halogens is 2. The highest BCUT2D eigenvalue weighted by Gasteiger charge is 2.21. The summed E-state index contributed by atoms with van der Waals surface area (Å²) in [5.74, 6) is 3.10. The molecule has 2 aliphatic heterocycles. The van der Waals surface area contributed by atoms with Crippen molar-refractivity contribution in [2.45, 2.75) is 6.92 Å². The summed E-state index contributed by atoms with van der Waals surface area (Å²) in [6, 6.07) is 21.2. The number of ether oxygens (including phenoxy) is 4. The fourth-order valence-corrected chi connectivity index (χ4v) is 5.55. The first-order chi connectivity index (χ1) is 21.9. The monoisotopic (exact) mass is 642 g/mol. The standard InChI is InChI=1S/C17H13ClN2O3.C16H11ClN2O3/c1-9-16(10-2-5-14-15(6-10)23-8-22-14)17(20-19-9)12-7-11(18)3-4-13(12)21;17-10-2-3-13(20)11(6-10)16-12(7-18-19-16)9-1-4-14-15(5-9)22-8-21-14/h2-7,21H,8H2,1H3,(H,19,20);1-7,20H,8H2,(H,18,19). The molecule has 0 saturated carbocycles. The Bertz CT molecular complexity index is 2060. The summed E-state index contributed by atoms with van der Waals surface area (Å²) in [5, 5.41) is 35.6. The smallest absolute Gasteiger partial charge is 0.231 e. The van der Waals surface area contributed by atoms with Crippen LogP contribution in [0.4, 0.5) is 0 Å². The highest BCUT2D eigenvalue weighted by atomic mass is 35.5. The third-order valence-electron chi connectivity index (χ3n) is 7.37. The zero-order valence-corrected chi connectivity index (χ0v) is 25.1. The van der Waals surface area contributed by atoms with Crippen LogP contribution in [0.15, 0.2) is 79.0 Å². The van der Waals surface area contributed by atoms with E-state index >= 15 is 0 Å². The quantitative estimate of drug-likeness (QED) is 0.152. The number of phenols is 2. The van der Waals surface area contributed by atoms with Gasteiger partial charge in [0.15, 0.2) is 23.0 Å². The molecule has 4 N–H and O–H groups in total. The van der Waals surface area contributed by atoms with E-state index in [4.69, 9.17) is 42.1 Å². The van der Waals surface area contributed by atoms with E-state index in [1.54, 1.807) is 42.6 Å². The molecular weight excluding hydrogens is 619 g/mol. The van der Waals surface area contributed by atoms with Gasteiger partial charge in [0.1, 0.15) is 17.2 Å². The summed E-state index contributed by atoms with van der Waals surface area (Å²) in [6.45, 7) is 2.38. The Balaban J connectivity index is 0.000000145. The van der Waals surface area contributed by atoms with Gasteiger partial charge < -0.3 is 29.2 Å². The second-order valence-corrected chi connectivity index (χ2v) is 11.1. The van der Waals surface area contributed by atoms with Crippen LogP contribution >= 0.6 is 23.2 Å². The second-order valence-electron chi connectivity index (χ2n) is 10.2. The van der Waals surface area contributed by atoms with Crippen molar-refractivity contribution < 1.29 is 29.2 Å². The SMILES string of the molecule is Cc1[nH]nc(-c2cc(Cl)ccc2O)c1-c1ccc2c(c1)OCO2.Oc1ccc(Cl)cc1-c1[nH]ncc1-c1ccc2c(c1)OCO2. The van der Waals surface area contributed by atoms with Crippen molar-refractivity contribution in [1.29, 1.82) is 0 Å². The first-order valence-corrected chi connectivity index (χ1v) is 14.5. The van der Waals surface area contributed by atoms with Crippen molar-refractivity contribution in [2.75, 3.05) is 13.6 Å². The van der Waals surface area contributed by atoms with Crippen LogP contribution < -0.4 is 18.9 Å². The molecule has 0 fully saturated rings. The Morgan fingerprint density at radius 2 is 1.22 bits per heavy atom. The lowest BCUT2D eigenvalue weighted by atomic mass is 9.98. The van der Waals surface area contributed by atoms with Crippen molar-refractivity contribution in [2.24, 2.45) is 0 Å². The molecule has 45 heavy (non-hydrogen) atoms. The van der Waals surface area contributed by atoms with Gasteiger partial charge in [-0.3, -0.25) is 10.2 Å². The molecule has 0 unspecified atom stereocenters. The number of benzene rings is 4. The lowest BCUT2D eigenvalue weighted by Gasteiger charge is -2.08. The molecule has 0 amide bonds. The zero-order chi connectivity index (χ0) is 31.1. The van der Waals surface area contributed by atoms with Crippen LogP contribution in [-0.2, 0) is 0 Å². The van der Waals surface area contributed by atoms with Gasteiger partial charge in [-0.05, 0) is 78.7 Å². The van der Waals surface area contributed by atoms with E-state index in [1.807, 2.05) is 43.3 Å². The van der Waals surface area contributed by atoms with Gasteiger partial charge in [0.2, 0.25) is 13.6 Å². The van der Waals surface area contributed by atoms with Crippen LogP contribution in [0, 0.1) is 6.92 Å². The zero-order valence-electron chi connectivity index (χ0n) is 23.6. The summed E-state index contributed by atoms with van der Waals surface area (Å²) in [6.07, 6.45) is 1.70. The fraction of sp³-hybridized carbons (Fsp3) is 0.0909. The molecule has 4 heterocycles. The predicted octanol–water partition coefficient (Wildman–Crippen LogP) is 7.97. The highest BCUT2D eigenvalue weighted by Crippen LogP contribution is 2.43. The number of aromatic amines is 2. The number of nitrogens with zero attached hydrogens (tertiary/aromatic N) is 2. The summed E-state index contributed by atoms with van der Waals surface area (Å²) in [4.78, 5) is 0. The second kappa shape index (κ2) is 11.6. The number of aromatic nitrogens is 4. The number of aromatic hydroxyl groups is 2. The van der Waals surface area contributed by atoms with Gasteiger partial charge in [-0.2, -0.15) is 10.2 Å². The molecule has 0 radical (unpaired) electrons. The fourth-order valence-electron chi connectivity index (χ4n) is 5.21. The van der Waals surface area contributed by atoms with Crippen LogP contribution in [0.5, 0.6) is 34.5 Å². The molecule has 0 bridgehead atoms. The summed E-state index contributed by atoms with van der Waals surface area (Å²) < 4.78 is 21.5. The average molecular weight is 643 g/mol. The molecule has 2 aromatic heterocycles. The molecule has 8 rings (SSSR count). The molecule has 10 nitrogen and oxygen atoms in total. The molecule has 6 aromatic rings. The van der Waals surface area contributed by atoms with E-state index < -0.39 is 0 Å². The number of fused-ring (bicyclic) bond motifs is 2. The molecule has 226 valence electrons. The van der Waals surface area contributed by atoms with Crippen LogP contribution in [0.2, 0.25) is 10.0 Å². The van der Waals surface area contributed by atoms with Gasteiger partial charge in [0.25, 0.3) is 0 Å². The topological polar surface area (TPSA) is 135 Å². The van der Waals surface area contributed by atoms with Gasteiger partial charge in [-0.25, -0.2) is 0 Å². The molecule has 0 spiro atoms. The summed E-state index contributed by atoms with van der Waals surface area (Å²) in [5.41, 5.74) is 6.96. The Morgan fingerprint density at radius 1 is 0.644 bits per heavy atom. The number of hydrogen-bond donors (Lipinski definition) is 4. The van der Waals surface area contributed by atoms with Crippen molar-refractivity contribution in [3.63, 3.8) is 0 Å². The molecule has 12 heteroatoms. The van der Waals surface area contributed by atoms with Gasteiger partial charge in [0.05, 0.1) is 11.9 Å². The lowest BCUT2D eigenvalue weighted by molar-refractivity contribution is 0.173. The predicted molar refractivity (Wildman–Crippen MR) is 169 cm³/mol. The molecule has 0 saturated heterocycles. The maximum Gasteiger partial charge on any atom is 0.231 e. The molecule has 0 atom stereocenters. The molecule has 2 aliphatic rings. The molecule has 0 aliphatic carbocycles. The van der Waals surface area contributed by atoms with Crippen molar-refractivity contribution in [3.05, 3.63) is 94.7 Å². The van der Waals surface area contributed by atoms with E-state index in [9.17, 15) is 10.2 Å². The number of rotatable bonds is 4. The van der Waals surface area contributed by atoms with E-state index in [2.05, 4.69) is 20.4 Å². The third kappa shape index (κ3) is 5.45. The first kappa shape index (κ1) is 28.5. The highest BCUT2D eigenvalue weighted by molar-refractivity contribution is 6.31. The van der Waals surface area contributed by atoms with Crippen LogP contribution in [0.3, 0.4) is 0 Å². The maximum atomic E-state index is 10.2. The minimum absolute atomic E-state index is 0.128. The van der Waals surface area contributed by atoms with Gasteiger partial charge >= 0.3 is 0 Å². The van der Waals surface area contributed by atoms with Crippen molar-refractivity contribution in [1.82, 2.24) is 20.4 Å². The van der Waals surface area contributed by atoms with Gasteiger partial charge in [0, 0.05) is 38.0 Å². The average Bonchev–Trinajstić information content (AvgIpc) is 3.86. The maximum absolute atomic E-state index is 10.2. The number of aryl methyl sites for hydroxylation is 1.